The lowest BCUT2D eigenvalue weighted by Gasteiger charge is -2.26. The van der Waals surface area contributed by atoms with Crippen molar-refractivity contribution in [2.24, 2.45) is 5.92 Å². The summed E-state index contributed by atoms with van der Waals surface area (Å²) in [5.74, 6) is -0.876. The molecule has 1 fully saturated rings. The number of fused-ring (bicyclic) bond motifs is 1. The van der Waals surface area contributed by atoms with E-state index in [9.17, 15) is 15.0 Å². The summed E-state index contributed by atoms with van der Waals surface area (Å²) in [6.07, 6.45) is 3.94. The Morgan fingerprint density at radius 1 is 1.34 bits per heavy atom. The van der Waals surface area contributed by atoms with Crippen molar-refractivity contribution in [3.63, 3.8) is 0 Å². The minimum Gasteiger partial charge on any atom is -0.390 e. The third-order valence-corrected chi connectivity index (χ3v) is 7.51. The van der Waals surface area contributed by atoms with E-state index in [1.165, 1.54) is 5.01 Å². The zero-order chi connectivity index (χ0) is 22.8. The van der Waals surface area contributed by atoms with E-state index in [1.54, 1.807) is 28.5 Å². The Hall–Kier alpha value is -2.20. The first-order valence-electron chi connectivity index (χ1n) is 10.9. The van der Waals surface area contributed by atoms with Crippen LogP contribution in [0, 0.1) is 5.92 Å². The maximum absolute atomic E-state index is 13.1. The molecule has 1 aliphatic rings. The van der Waals surface area contributed by atoms with E-state index in [1.807, 2.05) is 24.4 Å². The lowest BCUT2D eigenvalue weighted by molar-refractivity contribution is -0.127. The Bertz CT molecular complexity index is 1090. The van der Waals surface area contributed by atoms with Crippen LogP contribution in [0.3, 0.4) is 0 Å². The fraction of sp³-hybridized carbons (Fsp3) is 0.500. The number of aliphatic hydroxyl groups is 2. The Morgan fingerprint density at radius 2 is 2.16 bits per heavy atom. The number of aromatic nitrogens is 3. The van der Waals surface area contributed by atoms with Crippen LogP contribution < -0.4 is 10.3 Å². The lowest BCUT2D eigenvalue weighted by atomic mass is 10.0. The highest BCUT2D eigenvalue weighted by Crippen LogP contribution is 2.29. The van der Waals surface area contributed by atoms with Gasteiger partial charge in [-0.2, -0.15) is 0 Å². The second-order valence-corrected chi connectivity index (χ2v) is 9.47. The minimum atomic E-state index is -1.05. The van der Waals surface area contributed by atoms with Gasteiger partial charge in [0.2, 0.25) is 5.91 Å². The van der Waals surface area contributed by atoms with E-state index in [0.717, 1.165) is 28.4 Å². The number of carbonyl (C=O) groups is 1. The first kappa shape index (κ1) is 23.0. The van der Waals surface area contributed by atoms with E-state index < -0.39 is 18.1 Å². The Kier molecular flexibility index (Phi) is 6.99. The summed E-state index contributed by atoms with van der Waals surface area (Å²) in [5.41, 5.74) is 2.07. The first-order valence-corrected chi connectivity index (χ1v) is 12.2. The molecule has 1 amide bonds. The summed E-state index contributed by atoms with van der Waals surface area (Å²) in [4.78, 5) is 23.3. The maximum Gasteiger partial charge on any atom is 0.247 e. The van der Waals surface area contributed by atoms with Crippen LogP contribution in [0.5, 0.6) is 0 Å². The fourth-order valence-electron chi connectivity index (χ4n) is 4.25. The van der Waals surface area contributed by atoms with Gasteiger partial charge in [-0.25, -0.2) is 19.7 Å². The number of pyridine rings is 1. The molecule has 0 radical (unpaired) electrons. The molecule has 0 saturated heterocycles. The minimum absolute atomic E-state index is 0.168. The Balaban J connectivity index is 1.59. The van der Waals surface area contributed by atoms with Crippen LogP contribution in [0.25, 0.3) is 11.2 Å². The van der Waals surface area contributed by atoms with Crippen molar-refractivity contribution in [3.05, 3.63) is 39.9 Å². The zero-order valence-electron chi connectivity index (χ0n) is 18.1. The van der Waals surface area contributed by atoms with Crippen molar-refractivity contribution < 1.29 is 15.0 Å². The lowest BCUT2D eigenvalue weighted by Crippen LogP contribution is -2.46. The molecule has 3 aromatic heterocycles. The van der Waals surface area contributed by atoms with Crippen molar-refractivity contribution in [1.29, 1.82) is 0 Å². The highest BCUT2D eigenvalue weighted by molar-refractivity contribution is 7.10. The number of hydrogen-bond acceptors (Lipinski definition) is 7. The maximum atomic E-state index is 13.1. The van der Waals surface area contributed by atoms with Crippen molar-refractivity contribution in [2.45, 2.75) is 57.8 Å². The summed E-state index contributed by atoms with van der Waals surface area (Å²) in [6, 6.07) is 3.96. The van der Waals surface area contributed by atoms with Crippen LogP contribution in [-0.2, 0) is 11.2 Å². The average Bonchev–Trinajstić information content (AvgIpc) is 3.49. The molecule has 172 valence electrons. The third kappa shape index (κ3) is 4.34. The number of halogens is 1. The van der Waals surface area contributed by atoms with Gasteiger partial charge in [-0.05, 0) is 43.7 Å². The SMILES string of the molecule is CCC(Cc1sccc1Cl)Nc1ccnc2c1ncn2N(CC)C(=O)C1CCC(O)C1O. The number of amides is 1. The number of nitrogens with zero attached hydrogens (tertiary/aromatic N) is 4. The summed E-state index contributed by atoms with van der Waals surface area (Å²) in [7, 11) is 0. The molecule has 4 atom stereocenters. The summed E-state index contributed by atoms with van der Waals surface area (Å²) in [5, 5.41) is 28.0. The largest absolute Gasteiger partial charge is 0.390 e. The highest BCUT2D eigenvalue weighted by Gasteiger charge is 2.40. The van der Waals surface area contributed by atoms with Crippen molar-refractivity contribution in [3.8, 4) is 0 Å². The fourth-order valence-corrected chi connectivity index (χ4v) is 5.44. The quantitative estimate of drug-likeness (QED) is 0.460. The molecule has 1 saturated carbocycles. The summed E-state index contributed by atoms with van der Waals surface area (Å²) >= 11 is 7.93. The van der Waals surface area contributed by atoms with Gasteiger partial charge in [0.15, 0.2) is 5.65 Å². The number of thiophene rings is 1. The molecule has 3 N–H and O–H groups in total. The van der Waals surface area contributed by atoms with Gasteiger partial charge in [-0.15, -0.1) is 11.3 Å². The van der Waals surface area contributed by atoms with Crippen LogP contribution >= 0.6 is 22.9 Å². The van der Waals surface area contributed by atoms with Crippen molar-refractivity contribution in [1.82, 2.24) is 14.6 Å². The molecule has 0 spiro atoms. The number of nitrogens with one attached hydrogen (secondary N) is 1. The van der Waals surface area contributed by atoms with Gasteiger partial charge in [0.05, 0.1) is 28.8 Å². The van der Waals surface area contributed by atoms with E-state index in [0.29, 0.717) is 30.6 Å². The van der Waals surface area contributed by atoms with E-state index in [4.69, 9.17) is 11.6 Å². The first-order chi connectivity index (χ1) is 15.4. The number of rotatable bonds is 8. The van der Waals surface area contributed by atoms with Crippen molar-refractivity contribution >= 4 is 45.7 Å². The van der Waals surface area contributed by atoms with Gasteiger partial charge in [0.1, 0.15) is 11.8 Å². The Labute approximate surface area is 195 Å². The van der Waals surface area contributed by atoms with Gasteiger partial charge < -0.3 is 15.5 Å². The molecule has 0 bridgehead atoms. The van der Waals surface area contributed by atoms with Crippen LogP contribution in [-0.4, -0.2) is 55.6 Å². The normalized spacial score (nSPS) is 21.7. The summed E-state index contributed by atoms with van der Waals surface area (Å²) < 4.78 is 1.64. The average molecular weight is 478 g/mol. The molecule has 3 aromatic rings. The molecule has 8 nitrogen and oxygen atoms in total. The second kappa shape index (κ2) is 9.74. The molecule has 4 rings (SSSR count). The topological polar surface area (TPSA) is 104 Å². The van der Waals surface area contributed by atoms with Crippen LogP contribution in [0.15, 0.2) is 30.0 Å². The van der Waals surface area contributed by atoms with Gasteiger partial charge in [-0.1, -0.05) is 18.5 Å². The number of imidazole rings is 1. The number of anilines is 1. The molecular formula is C22H28ClN5O3S. The van der Waals surface area contributed by atoms with Crippen LogP contribution in [0.2, 0.25) is 5.02 Å². The molecule has 0 aliphatic heterocycles. The van der Waals surface area contributed by atoms with Gasteiger partial charge >= 0.3 is 0 Å². The van der Waals surface area contributed by atoms with Crippen molar-refractivity contribution in [2.75, 3.05) is 16.9 Å². The third-order valence-electron chi connectivity index (χ3n) is 6.10. The number of hydrogen-bond donors (Lipinski definition) is 3. The van der Waals surface area contributed by atoms with E-state index in [2.05, 4.69) is 22.2 Å². The van der Waals surface area contributed by atoms with Gasteiger partial charge in [-0.3, -0.25) is 4.79 Å². The molecule has 0 aromatic carbocycles. The molecular weight excluding hydrogens is 450 g/mol. The molecule has 3 heterocycles. The van der Waals surface area contributed by atoms with Gasteiger partial charge in [0.25, 0.3) is 0 Å². The molecule has 1 aliphatic carbocycles. The molecule has 10 heteroatoms. The van der Waals surface area contributed by atoms with Crippen LogP contribution in [0.4, 0.5) is 5.69 Å². The predicted molar refractivity (Wildman–Crippen MR) is 127 cm³/mol. The highest BCUT2D eigenvalue weighted by atomic mass is 35.5. The van der Waals surface area contributed by atoms with E-state index in [-0.39, 0.29) is 11.9 Å². The molecule has 4 unspecified atom stereocenters. The Morgan fingerprint density at radius 3 is 2.78 bits per heavy atom. The second-order valence-electron chi connectivity index (χ2n) is 8.06. The smallest absolute Gasteiger partial charge is 0.247 e. The van der Waals surface area contributed by atoms with Gasteiger partial charge in [0, 0.05) is 30.1 Å². The standard InChI is InChI=1S/C22H28ClN5O3S/c1-3-13(11-18-15(23)8-10-32-18)26-16-7-9-24-21-19(16)25-12-28(21)27(4-2)22(31)14-5-6-17(29)20(14)30/h7-10,12-14,17,20,29-30H,3-6,11H2,1-2H3,(H,24,26). The number of carbonyl (C=O) groups excluding carboxylic acids is 1. The molecule has 32 heavy (non-hydrogen) atoms. The summed E-state index contributed by atoms with van der Waals surface area (Å²) in [6.45, 7) is 4.37. The monoisotopic (exact) mass is 477 g/mol. The van der Waals surface area contributed by atoms with E-state index >= 15 is 0 Å². The number of aliphatic hydroxyl groups excluding tert-OH is 2. The van der Waals surface area contributed by atoms with Crippen LogP contribution in [0.1, 0.15) is 38.0 Å². The zero-order valence-corrected chi connectivity index (χ0v) is 19.7. The predicted octanol–water partition coefficient (Wildman–Crippen LogP) is 3.20.